The van der Waals surface area contributed by atoms with Crippen molar-refractivity contribution < 1.29 is 14.3 Å². The van der Waals surface area contributed by atoms with Gasteiger partial charge in [-0.25, -0.2) is 0 Å². The fraction of sp³-hybridized carbons (Fsp3) is 0.455. The number of carbonyl (C=O) groups excluding carboxylic acids is 2. The van der Waals surface area contributed by atoms with Crippen LogP contribution in [0.1, 0.15) is 55.8 Å². The minimum Gasteiger partial charge on any atom is -0.427 e. The van der Waals surface area contributed by atoms with Gasteiger partial charge in [-0.2, -0.15) is 0 Å². The third-order valence-electron chi connectivity index (χ3n) is 6.03. The largest absolute Gasteiger partial charge is 0.427 e. The minimum absolute atomic E-state index is 0.0717. The van der Waals surface area contributed by atoms with Crippen LogP contribution in [0.3, 0.4) is 0 Å². The molecule has 0 unspecified atom stereocenters. The van der Waals surface area contributed by atoms with E-state index in [1.165, 1.54) is 6.92 Å². The summed E-state index contributed by atoms with van der Waals surface area (Å²) >= 11 is 0. The number of rotatable bonds is 2. The highest BCUT2D eigenvalue weighted by atomic mass is 16.5. The van der Waals surface area contributed by atoms with Crippen molar-refractivity contribution >= 4 is 22.6 Å². The van der Waals surface area contributed by atoms with Gasteiger partial charge in [-0.05, 0) is 60.7 Å². The lowest BCUT2D eigenvalue weighted by Gasteiger charge is -2.50. The van der Waals surface area contributed by atoms with Gasteiger partial charge in [0.25, 0.3) is 5.91 Å². The molecule has 1 saturated carbocycles. The predicted molar refractivity (Wildman–Crippen MR) is 105 cm³/mol. The first-order valence-corrected chi connectivity index (χ1v) is 9.78. The lowest BCUT2D eigenvalue weighted by Crippen LogP contribution is -2.64. The lowest BCUT2D eigenvalue weighted by molar-refractivity contribution is -0.131. The Balaban J connectivity index is 1.61. The topological polar surface area (TPSA) is 72.6 Å². The second-order valence-electron chi connectivity index (χ2n) is 7.91. The van der Waals surface area contributed by atoms with Gasteiger partial charge in [0.15, 0.2) is 0 Å². The third kappa shape index (κ3) is 3.44. The van der Waals surface area contributed by atoms with E-state index in [0.717, 1.165) is 55.8 Å². The van der Waals surface area contributed by atoms with Crippen molar-refractivity contribution in [3.05, 3.63) is 42.0 Å². The van der Waals surface area contributed by atoms with Gasteiger partial charge < -0.3 is 15.4 Å². The number of likely N-dealkylation sites (tertiary alicyclic amines) is 1. The van der Waals surface area contributed by atoms with E-state index in [1.807, 2.05) is 35.2 Å². The van der Waals surface area contributed by atoms with Gasteiger partial charge >= 0.3 is 5.97 Å². The van der Waals surface area contributed by atoms with E-state index in [2.05, 4.69) is 0 Å². The highest BCUT2D eigenvalue weighted by Crippen LogP contribution is 2.38. The molecule has 1 aliphatic carbocycles. The molecule has 2 aromatic carbocycles. The van der Waals surface area contributed by atoms with Crippen LogP contribution < -0.4 is 10.5 Å². The van der Waals surface area contributed by atoms with Crippen molar-refractivity contribution in [3.8, 4) is 5.75 Å². The maximum Gasteiger partial charge on any atom is 0.308 e. The summed E-state index contributed by atoms with van der Waals surface area (Å²) < 4.78 is 5.14. The van der Waals surface area contributed by atoms with Crippen LogP contribution in [0.15, 0.2) is 36.4 Å². The molecule has 142 valence electrons. The molecule has 2 atom stereocenters. The Hall–Kier alpha value is -2.40. The zero-order valence-corrected chi connectivity index (χ0v) is 15.7. The van der Waals surface area contributed by atoms with E-state index in [0.29, 0.717) is 11.3 Å². The van der Waals surface area contributed by atoms with E-state index in [1.54, 1.807) is 6.07 Å². The summed E-state index contributed by atoms with van der Waals surface area (Å²) in [6.07, 6.45) is 6.30. The molecule has 2 aliphatic rings. The van der Waals surface area contributed by atoms with Gasteiger partial charge in [0.2, 0.25) is 0 Å². The third-order valence-corrected chi connectivity index (χ3v) is 6.03. The molecule has 1 saturated heterocycles. The number of hydrogen-bond acceptors (Lipinski definition) is 4. The Kier molecular flexibility index (Phi) is 4.64. The SMILES string of the molecule is CC(=O)Oc1ccc2cc(C(=O)N3CCC[C@@]4(N)CCCC[C@@H]34)ccc2c1. The minimum atomic E-state index is -0.344. The molecular weight excluding hydrogens is 340 g/mol. The number of hydrogen-bond donors (Lipinski definition) is 1. The molecule has 2 fully saturated rings. The molecule has 5 nitrogen and oxygen atoms in total. The van der Waals surface area contributed by atoms with Gasteiger partial charge in [-0.1, -0.05) is 25.0 Å². The summed E-state index contributed by atoms with van der Waals surface area (Å²) in [6.45, 7) is 2.17. The van der Waals surface area contributed by atoms with Crippen LogP contribution in [0.2, 0.25) is 0 Å². The number of carbonyl (C=O) groups is 2. The van der Waals surface area contributed by atoms with Gasteiger partial charge in [0, 0.05) is 30.6 Å². The predicted octanol–water partition coefficient (Wildman–Crippen LogP) is 3.64. The summed E-state index contributed by atoms with van der Waals surface area (Å²) in [6, 6.07) is 11.3. The van der Waals surface area contributed by atoms with E-state index < -0.39 is 0 Å². The fourth-order valence-electron chi connectivity index (χ4n) is 4.73. The second kappa shape index (κ2) is 6.97. The van der Waals surface area contributed by atoms with Crippen LogP contribution >= 0.6 is 0 Å². The van der Waals surface area contributed by atoms with E-state index in [4.69, 9.17) is 10.5 Å². The maximum atomic E-state index is 13.3. The molecular formula is C22H26N2O3. The quantitative estimate of drug-likeness (QED) is 0.650. The number of fused-ring (bicyclic) bond motifs is 2. The van der Waals surface area contributed by atoms with Crippen LogP contribution in [0, 0.1) is 0 Å². The molecule has 0 spiro atoms. The standard InChI is InChI=1S/C22H26N2O3/c1-15(25)27-19-9-8-16-13-18(7-6-17(16)14-19)21(26)24-12-4-11-22(23)10-3-2-5-20(22)24/h6-9,13-14,20H,2-5,10-12,23H2,1H3/t20-,22+/m1/s1. The summed E-state index contributed by atoms with van der Waals surface area (Å²) in [5.41, 5.74) is 7.15. The maximum absolute atomic E-state index is 13.3. The van der Waals surface area contributed by atoms with Crippen molar-refractivity contribution in [1.82, 2.24) is 4.90 Å². The average Bonchev–Trinajstić information content (AvgIpc) is 2.65. The number of nitrogens with two attached hydrogens (primary N) is 1. The molecule has 1 heterocycles. The summed E-state index contributed by atoms with van der Waals surface area (Å²) in [5, 5.41) is 1.89. The van der Waals surface area contributed by atoms with E-state index >= 15 is 0 Å². The first-order valence-electron chi connectivity index (χ1n) is 9.78. The van der Waals surface area contributed by atoms with Crippen LogP contribution in [-0.2, 0) is 4.79 Å². The Labute approximate surface area is 159 Å². The average molecular weight is 366 g/mol. The van der Waals surface area contributed by atoms with E-state index in [-0.39, 0.29) is 23.5 Å². The van der Waals surface area contributed by atoms with Gasteiger partial charge in [-0.15, -0.1) is 0 Å². The number of nitrogens with zero attached hydrogens (tertiary/aromatic N) is 1. The molecule has 5 heteroatoms. The number of ether oxygens (including phenoxy) is 1. The Morgan fingerprint density at radius 3 is 2.63 bits per heavy atom. The first-order chi connectivity index (χ1) is 13.0. The highest BCUT2D eigenvalue weighted by molar-refractivity contribution is 5.99. The first kappa shape index (κ1) is 18.0. The van der Waals surface area contributed by atoms with Gasteiger partial charge in [0.1, 0.15) is 5.75 Å². The van der Waals surface area contributed by atoms with Crippen molar-refractivity contribution in [3.63, 3.8) is 0 Å². The van der Waals surface area contributed by atoms with Crippen LogP contribution in [0.5, 0.6) is 5.75 Å². The molecule has 27 heavy (non-hydrogen) atoms. The molecule has 2 aromatic rings. The zero-order valence-electron chi connectivity index (χ0n) is 15.7. The van der Waals surface area contributed by atoms with Gasteiger partial charge in [0.05, 0.1) is 0 Å². The van der Waals surface area contributed by atoms with Crippen molar-refractivity contribution in [1.29, 1.82) is 0 Å². The normalized spacial score (nSPS) is 25.1. The highest BCUT2D eigenvalue weighted by Gasteiger charge is 2.44. The Morgan fingerprint density at radius 1 is 1.07 bits per heavy atom. The van der Waals surface area contributed by atoms with Crippen LogP contribution in [0.25, 0.3) is 10.8 Å². The van der Waals surface area contributed by atoms with Crippen molar-refractivity contribution in [2.45, 2.75) is 57.0 Å². The molecule has 0 radical (unpaired) electrons. The molecule has 0 bridgehead atoms. The second-order valence-corrected chi connectivity index (χ2v) is 7.91. The molecule has 1 amide bonds. The number of benzene rings is 2. The molecule has 4 rings (SSSR count). The van der Waals surface area contributed by atoms with E-state index in [9.17, 15) is 9.59 Å². The van der Waals surface area contributed by atoms with Crippen LogP contribution in [0.4, 0.5) is 0 Å². The Morgan fingerprint density at radius 2 is 1.81 bits per heavy atom. The number of piperidine rings is 1. The summed E-state index contributed by atoms with van der Waals surface area (Å²) in [7, 11) is 0. The smallest absolute Gasteiger partial charge is 0.308 e. The summed E-state index contributed by atoms with van der Waals surface area (Å²) in [4.78, 5) is 26.4. The van der Waals surface area contributed by atoms with Crippen LogP contribution in [-0.4, -0.2) is 34.9 Å². The van der Waals surface area contributed by atoms with Gasteiger partial charge in [-0.3, -0.25) is 9.59 Å². The van der Waals surface area contributed by atoms with Crippen molar-refractivity contribution in [2.75, 3.05) is 6.54 Å². The summed E-state index contributed by atoms with van der Waals surface area (Å²) in [5.74, 6) is 0.242. The lowest BCUT2D eigenvalue weighted by atomic mass is 9.72. The molecule has 2 N–H and O–H groups in total. The number of amides is 1. The Bertz CT molecular complexity index is 890. The molecule has 0 aromatic heterocycles. The fourth-order valence-corrected chi connectivity index (χ4v) is 4.73. The van der Waals surface area contributed by atoms with Crippen molar-refractivity contribution in [2.24, 2.45) is 5.73 Å². The molecule has 1 aliphatic heterocycles. The zero-order chi connectivity index (χ0) is 19.0. The monoisotopic (exact) mass is 366 g/mol. The number of esters is 1.